The molecule has 1 radical (unpaired) electrons. The van der Waals surface area contributed by atoms with Gasteiger partial charge in [-0.1, -0.05) is 58.8 Å². The molecule has 0 aromatic rings. The molecule has 11 heavy (non-hydrogen) atoms. The highest BCUT2D eigenvalue weighted by molar-refractivity contribution is 4.75. The zero-order chi connectivity index (χ0) is 8.10. The van der Waals surface area contributed by atoms with Gasteiger partial charge in [-0.25, -0.2) is 0 Å². The van der Waals surface area contributed by atoms with Crippen LogP contribution in [-0.4, -0.2) is 0 Å². The van der Waals surface area contributed by atoms with Crippen molar-refractivity contribution >= 4 is 0 Å². The van der Waals surface area contributed by atoms with Crippen LogP contribution in [0.25, 0.3) is 0 Å². The summed E-state index contributed by atoms with van der Waals surface area (Å²) >= 11 is 0. The average Bonchev–Trinajstić information content (AvgIpc) is 2.06. The Morgan fingerprint density at radius 3 is 2.36 bits per heavy atom. The van der Waals surface area contributed by atoms with E-state index in [2.05, 4.69) is 13.8 Å². The molecule has 1 rings (SSSR count). The van der Waals surface area contributed by atoms with Crippen LogP contribution in [0.5, 0.6) is 0 Å². The molecule has 0 bridgehead atoms. The van der Waals surface area contributed by atoms with Crippen LogP contribution < -0.4 is 0 Å². The van der Waals surface area contributed by atoms with Crippen LogP contribution in [-0.2, 0) is 0 Å². The molecule has 0 saturated heterocycles. The van der Waals surface area contributed by atoms with E-state index in [-0.39, 0.29) is 0 Å². The predicted molar refractivity (Wildman–Crippen MR) is 50.3 cm³/mol. The summed E-state index contributed by atoms with van der Waals surface area (Å²) < 4.78 is 0. The Balaban J connectivity index is 2.31. The molecule has 1 aliphatic carbocycles. The normalized spacial score (nSPS) is 32.2. The van der Waals surface area contributed by atoms with Crippen molar-refractivity contribution in [3.05, 3.63) is 6.92 Å². The van der Waals surface area contributed by atoms with Crippen molar-refractivity contribution in [2.24, 2.45) is 11.8 Å². The molecule has 0 aromatic heterocycles. The Labute approximate surface area is 71.4 Å². The van der Waals surface area contributed by atoms with Gasteiger partial charge in [-0.2, -0.15) is 0 Å². The van der Waals surface area contributed by atoms with Gasteiger partial charge in [0.25, 0.3) is 0 Å². The Bertz CT molecular complexity index is 94.2. The number of rotatable bonds is 3. The second-order valence-electron chi connectivity index (χ2n) is 3.88. The molecule has 1 fully saturated rings. The van der Waals surface area contributed by atoms with Gasteiger partial charge in [0, 0.05) is 0 Å². The molecule has 2 atom stereocenters. The molecule has 0 heteroatoms. The van der Waals surface area contributed by atoms with E-state index in [9.17, 15) is 0 Å². The summed E-state index contributed by atoms with van der Waals surface area (Å²) in [6.07, 6.45) is 9.84. The van der Waals surface area contributed by atoms with E-state index in [0.717, 1.165) is 11.8 Å². The first kappa shape index (κ1) is 9.09. The van der Waals surface area contributed by atoms with Gasteiger partial charge in [-0.3, -0.25) is 0 Å². The Morgan fingerprint density at radius 2 is 1.82 bits per heavy atom. The highest BCUT2D eigenvalue weighted by Gasteiger charge is 2.22. The molecular formula is C11H21. The SMILES string of the molecule is [CH2]CC1CCCCC1CCC. The Kier molecular flexibility index (Phi) is 3.96. The first-order valence-corrected chi connectivity index (χ1v) is 5.17. The standard InChI is InChI=1S/C11H21/c1-3-7-11-9-6-5-8-10(11)4-2/h10-11H,2-9H2,1H3. The topological polar surface area (TPSA) is 0 Å². The molecule has 1 saturated carbocycles. The summed E-state index contributed by atoms with van der Waals surface area (Å²) in [4.78, 5) is 0. The predicted octanol–water partition coefficient (Wildman–Crippen LogP) is 3.82. The van der Waals surface area contributed by atoms with E-state index in [1.54, 1.807) is 0 Å². The van der Waals surface area contributed by atoms with Gasteiger partial charge in [0.2, 0.25) is 0 Å². The summed E-state index contributed by atoms with van der Waals surface area (Å²) in [6, 6.07) is 0. The molecule has 1 aliphatic rings. The second kappa shape index (κ2) is 4.79. The van der Waals surface area contributed by atoms with Crippen LogP contribution in [0, 0.1) is 18.8 Å². The van der Waals surface area contributed by atoms with Crippen LogP contribution in [0.15, 0.2) is 0 Å². The maximum Gasteiger partial charge on any atom is -0.0386 e. The van der Waals surface area contributed by atoms with Gasteiger partial charge in [0.05, 0.1) is 0 Å². The van der Waals surface area contributed by atoms with Crippen molar-refractivity contribution in [2.75, 3.05) is 0 Å². The lowest BCUT2D eigenvalue weighted by Gasteiger charge is -2.30. The largest absolute Gasteiger partial charge is 0.0654 e. The minimum Gasteiger partial charge on any atom is -0.0654 e. The van der Waals surface area contributed by atoms with Gasteiger partial charge in [-0.15, -0.1) is 0 Å². The highest BCUT2D eigenvalue weighted by atomic mass is 14.3. The summed E-state index contributed by atoms with van der Waals surface area (Å²) in [7, 11) is 0. The van der Waals surface area contributed by atoms with E-state index >= 15 is 0 Å². The Hall–Kier alpha value is 0. The van der Waals surface area contributed by atoms with Crippen LogP contribution in [0.3, 0.4) is 0 Å². The lowest BCUT2D eigenvalue weighted by Crippen LogP contribution is -2.18. The molecule has 2 unspecified atom stereocenters. The van der Waals surface area contributed by atoms with Gasteiger partial charge < -0.3 is 0 Å². The fraction of sp³-hybridized carbons (Fsp3) is 0.909. The third kappa shape index (κ3) is 2.50. The lowest BCUT2D eigenvalue weighted by atomic mass is 9.76. The lowest BCUT2D eigenvalue weighted by molar-refractivity contribution is 0.223. The average molecular weight is 153 g/mol. The molecule has 0 spiro atoms. The molecule has 0 heterocycles. The minimum atomic E-state index is 0.962. The number of hydrogen-bond donors (Lipinski definition) is 0. The van der Waals surface area contributed by atoms with E-state index in [1.807, 2.05) is 0 Å². The molecule has 0 amide bonds. The fourth-order valence-corrected chi connectivity index (χ4v) is 2.42. The molecule has 65 valence electrons. The van der Waals surface area contributed by atoms with Crippen LogP contribution in [0.2, 0.25) is 0 Å². The van der Waals surface area contributed by atoms with Gasteiger partial charge in [0.15, 0.2) is 0 Å². The molecule has 0 nitrogen and oxygen atoms in total. The van der Waals surface area contributed by atoms with Gasteiger partial charge >= 0.3 is 0 Å². The highest BCUT2D eigenvalue weighted by Crippen LogP contribution is 2.34. The van der Waals surface area contributed by atoms with Crippen molar-refractivity contribution in [2.45, 2.75) is 51.9 Å². The first-order valence-electron chi connectivity index (χ1n) is 5.17. The van der Waals surface area contributed by atoms with E-state index < -0.39 is 0 Å². The van der Waals surface area contributed by atoms with Crippen molar-refractivity contribution in [1.82, 2.24) is 0 Å². The van der Waals surface area contributed by atoms with Crippen molar-refractivity contribution in [1.29, 1.82) is 0 Å². The summed E-state index contributed by atoms with van der Waals surface area (Å²) in [5.74, 6) is 1.98. The van der Waals surface area contributed by atoms with Crippen LogP contribution in [0.4, 0.5) is 0 Å². The van der Waals surface area contributed by atoms with Crippen molar-refractivity contribution in [3.63, 3.8) is 0 Å². The molecular weight excluding hydrogens is 132 g/mol. The zero-order valence-electron chi connectivity index (χ0n) is 7.81. The third-order valence-corrected chi connectivity index (χ3v) is 3.10. The smallest absolute Gasteiger partial charge is 0.0386 e. The van der Waals surface area contributed by atoms with Crippen LogP contribution in [0.1, 0.15) is 51.9 Å². The first-order chi connectivity index (χ1) is 5.38. The maximum atomic E-state index is 4.04. The monoisotopic (exact) mass is 153 g/mol. The third-order valence-electron chi connectivity index (χ3n) is 3.10. The Morgan fingerprint density at radius 1 is 1.18 bits per heavy atom. The molecule has 0 aromatic carbocycles. The van der Waals surface area contributed by atoms with Crippen molar-refractivity contribution < 1.29 is 0 Å². The number of hydrogen-bond acceptors (Lipinski definition) is 0. The van der Waals surface area contributed by atoms with E-state index in [0.29, 0.717) is 0 Å². The second-order valence-corrected chi connectivity index (χ2v) is 3.88. The summed E-state index contributed by atoms with van der Waals surface area (Å²) in [6.45, 7) is 6.34. The molecule has 0 N–H and O–H groups in total. The fourth-order valence-electron chi connectivity index (χ4n) is 2.42. The van der Waals surface area contributed by atoms with E-state index in [1.165, 1.54) is 44.9 Å². The quantitative estimate of drug-likeness (QED) is 0.578. The van der Waals surface area contributed by atoms with E-state index in [4.69, 9.17) is 0 Å². The zero-order valence-corrected chi connectivity index (χ0v) is 7.81. The maximum absolute atomic E-state index is 4.04. The summed E-state index contributed by atoms with van der Waals surface area (Å²) in [5, 5.41) is 0. The van der Waals surface area contributed by atoms with Gasteiger partial charge in [0.1, 0.15) is 0 Å². The molecule has 0 aliphatic heterocycles. The minimum absolute atomic E-state index is 0.962. The van der Waals surface area contributed by atoms with Gasteiger partial charge in [-0.05, 0) is 11.8 Å². The summed E-state index contributed by atoms with van der Waals surface area (Å²) in [5.41, 5.74) is 0. The van der Waals surface area contributed by atoms with Crippen molar-refractivity contribution in [3.8, 4) is 0 Å². The van der Waals surface area contributed by atoms with Crippen LogP contribution >= 0.6 is 0 Å².